The summed E-state index contributed by atoms with van der Waals surface area (Å²) in [5, 5.41) is 14.0. The van der Waals surface area contributed by atoms with E-state index in [1.807, 2.05) is 20.0 Å². The second-order valence-electron chi connectivity index (χ2n) is 3.27. The highest BCUT2D eigenvalue weighted by Gasteiger charge is 2.16. The van der Waals surface area contributed by atoms with Gasteiger partial charge in [-0.05, 0) is 25.1 Å². The molecular formula is C10H12N2O2. The highest BCUT2D eigenvalue weighted by Crippen LogP contribution is 2.21. The number of hydrogen-bond acceptors (Lipinski definition) is 3. The fourth-order valence-corrected chi connectivity index (χ4v) is 1.33. The van der Waals surface area contributed by atoms with Gasteiger partial charge < -0.3 is 9.52 Å². The van der Waals surface area contributed by atoms with E-state index in [1.165, 1.54) is 0 Å². The molecule has 4 heteroatoms. The molecule has 1 N–H and O–H groups in total. The Morgan fingerprint density at radius 2 is 2.21 bits per heavy atom. The van der Waals surface area contributed by atoms with Crippen molar-refractivity contribution in [2.45, 2.75) is 13.0 Å². The molecule has 0 amide bonds. The number of aliphatic hydroxyl groups excluding tert-OH is 1. The lowest BCUT2D eigenvalue weighted by atomic mass is 10.2. The molecule has 1 unspecified atom stereocenters. The molecule has 2 aromatic heterocycles. The monoisotopic (exact) mass is 192 g/mol. The smallest absolute Gasteiger partial charge is 0.155 e. The molecule has 2 rings (SSSR count). The molecule has 0 spiro atoms. The van der Waals surface area contributed by atoms with Gasteiger partial charge in [0.2, 0.25) is 0 Å². The number of aryl methyl sites for hydroxylation is 2. The van der Waals surface area contributed by atoms with E-state index in [-0.39, 0.29) is 0 Å². The predicted octanol–water partition coefficient (Wildman–Crippen LogP) is 1.40. The van der Waals surface area contributed by atoms with Gasteiger partial charge in [0.05, 0.1) is 5.69 Å². The molecule has 4 nitrogen and oxygen atoms in total. The zero-order chi connectivity index (χ0) is 10.1. The van der Waals surface area contributed by atoms with Gasteiger partial charge in [-0.3, -0.25) is 4.68 Å². The Hall–Kier alpha value is -1.55. The Bertz CT molecular complexity index is 391. The number of nitrogens with zero attached hydrogens (tertiary/aromatic N) is 2. The fraction of sp³-hybridized carbons (Fsp3) is 0.300. The van der Waals surface area contributed by atoms with E-state index in [4.69, 9.17) is 4.42 Å². The molecule has 0 fully saturated rings. The van der Waals surface area contributed by atoms with E-state index < -0.39 is 6.10 Å². The van der Waals surface area contributed by atoms with Crippen LogP contribution in [0.5, 0.6) is 0 Å². The first-order valence-corrected chi connectivity index (χ1v) is 4.41. The van der Waals surface area contributed by atoms with Gasteiger partial charge in [0.1, 0.15) is 11.5 Å². The van der Waals surface area contributed by atoms with Gasteiger partial charge in [0.25, 0.3) is 0 Å². The minimum Gasteiger partial charge on any atom is -0.463 e. The summed E-state index contributed by atoms with van der Waals surface area (Å²) in [6, 6.07) is 5.35. The van der Waals surface area contributed by atoms with Crippen LogP contribution < -0.4 is 0 Å². The zero-order valence-corrected chi connectivity index (χ0v) is 8.14. The van der Waals surface area contributed by atoms with E-state index >= 15 is 0 Å². The average Bonchev–Trinajstić information content (AvgIpc) is 2.73. The van der Waals surface area contributed by atoms with Crippen LogP contribution in [0.1, 0.15) is 23.3 Å². The molecule has 2 heterocycles. The van der Waals surface area contributed by atoms with Gasteiger partial charge in [-0.25, -0.2) is 0 Å². The topological polar surface area (TPSA) is 51.2 Å². The zero-order valence-electron chi connectivity index (χ0n) is 8.14. The summed E-state index contributed by atoms with van der Waals surface area (Å²) in [6.07, 6.45) is 1.01. The minimum atomic E-state index is -0.773. The van der Waals surface area contributed by atoms with Crippen LogP contribution in [0.4, 0.5) is 0 Å². The van der Waals surface area contributed by atoms with Crippen LogP contribution in [0.25, 0.3) is 0 Å². The highest BCUT2D eigenvalue weighted by atomic mass is 16.4. The summed E-state index contributed by atoms with van der Waals surface area (Å²) in [5.74, 6) is 1.32. The van der Waals surface area contributed by atoms with Gasteiger partial charge in [0, 0.05) is 13.2 Å². The highest BCUT2D eigenvalue weighted by molar-refractivity contribution is 5.17. The second-order valence-corrected chi connectivity index (χ2v) is 3.27. The molecular weight excluding hydrogens is 180 g/mol. The third-order valence-electron chi connectivity index (χ3n) is 2.05. The Labute approximate surface area is 81.8 Å². The van der Waals surface area contributed by atoms with Crippen molar-refractivity contribution in [1.29, 1.82) is 0 Å². The lowest BCUT2D eigenvalue weighted by Gasteiger charge is -2.02. The SMILES string of the molecule is Cc1ccc(C(O)c2ccn(C)n2)o1. The molecule has 1 atom stereocenters. The molecule has 14 heavy (non-hydrogen) atoms. The van der Waals surface area contributed by atoms with Crippen molar-refractivity contribution in [3.05, 3.63) is 41.6 Å². The third-order valence-corrected chi connectivity index (χ3v) is 2.05. The van der Waals surface area contributed by atoms with Gasteiger partial charge in [-0.15, -0.1) is 0 Å². The minimum absolute atomic E-state index is 0.529. The van der Waals surface area contributed by atoms with Crippen LogP contribution in [0.2, 0.25) is 0 Å². The van der Waals surface area contributed by atoms with E-state index in [0.29, 0.717) is 11.5 Å². The van der Waals surface area contributed by atoms with E-state index in [1.54, 1.807) is 23.0 Å². The van der Waals surface area contributed by atoms with Crippen molar-refractivity contribution >= 4 is 0 Å². The molecule has 0 aliphatic rings. The lowest BCUT2D eigenvalue weighted by molar-refractivity contribution is 0.182. The van der Waals surface area contributed by atoms with Gasteiger partial charge in [-0.1, -0.05) is 0 Å². The van der Waals surface area contributed by atoms with Crippen molar-refractivity contribution in [2.24, 2.45) is 7.05 Å². The van der Waals surface area contributed by atoms with Gasteiger partial charge in [-0.2, -0.15) is 5.10 Å². The molecule has 0 aliphatic heterocycles. The van der Waals surface area contributed by atoms with Crippen LogP contribution in [0.15, 0.2) is 28.8 Å². The number of hydrogen-bond donors (Lipinski definition) is 1. The number of furan rings is 1. The lowest BCUT2D eigenvalue weighted by Crippen LogP contribution is -2.00. The second kappa shape index (κ2) is 3.31. The van der Waals surface area contributed by atoms with E-state index in [9.17, 15) is 5.11 Å². The fourth-order valence-electron chi connectivity index (χ4n) is 1.33. The summed E-state index contributed by atoms with van der Waals surface area (Å²) in [5.41, 5.74) is 0.599. The molecule has 0 aliphatic carbocycles. The number of aliphatic hydroxyl groups is 1. The van der Waals surface area contributed by atoms with E-state index in [0.717, 1.165) is 5.76 Å². The molecule has 74 valence electrons. The van der Waals surface area contributed by atoms with Crippen LogP contribution in [-0.4, -0.2) is 14.9 Å². The Morgan fingerprint density at radius 1 is 1.43 bits per heavy atom. The van der Waals surface area contributed by atoms with Crippen LogP contribution in [-0.2, 0) is 7.05 Å². The maximum Gasteiger partial charge on any atom is 0.155 e. The Kier molecular flexibility index (Phi) is 2.13. The first-order chi connectivity index (χ1) is 6.66. The first kappa shape index (κ1) is 9.02. The van der Waals surface area contributed by atoms with Crippen molar-refractivity contribution in [3.8, 4) is 0 Å². The van der Waals surface area contributed by atoms with Gasteiger partial charge >= 0.3 is 0 Å². The maximum absolute atomic E-state index is 9.85. The molecule has 0 bridgehead atoms. The molecule has 0 saturated heterocycles. The van der Waals surface area contributed by atoms with E-state index in [2.05, 4.69) is 5.10 Å². The number of aromatic nitrogens is 2. The average molecular weight is 192 g/mol. The predicted molar refractivity (Wildman–Crippen MR) is 50.7 cm³/mol. The van der Waals surface area contributed by atoms with Crippen molar-refractivity contribution in [3.63, 3.8) is 0 Å². The first-order valence-electron chi connectivity index (χ1n) is 4.41. The van der Waals surface area contributed by atoms with Crippen LogP contribution in [0.3, 0.4) is 0 Å². The Balaban J connectivity index is 2.28. The van der Waals surface area contributed by atoms with Gasteiger partial charge in [0.15, 0.2) is 6.10 Å². The summed E-state index contributed by atoms with van der Waals surface area (Å²) < 4.78 is 6.96. The molecule has 0 saturated carbocycles. The summed E-state index contributed by atoms with van der Waals surface area (Å²) in [6.45, 7) is 1.84. The van der Waals surface area contributed by atoms with Crippen molar-refractivity contribution < 1.29 is 9.52 Å². The van der Waals surface area contributed by atoms with Crippen LogP contribution >= 0.6 is 0 Å². The third kappa shape index (κ3) is 1.56. The number of rotatable bonds is 2. The molecule has 0 aromatic carbocycles. The largest absolute Gasteiger partial charge is 0.463 e. The normalized spacial score (nSPS) is 13.1. The standard InChI is InChI=1S/C10H12N2O2/c1-7-3-4-9(14-7)10(13)8-5-6-12(2)11-8/h3-6,10,13H,1-2H3. The Morgan fingerprint density at radius 3 is 2.71 bits per heavy atom. The molecule has 2 aromatic rings. The van der Waals surface area contributed by atoms with Crippen molar-refractivity contribution in [1.82, 2.24) is 9.78 Å². The maximum atomic E-state index is 9.85. The summed E-state index contributed by atoms with van der Waals surface area (Å²) in [7, 11) is 1.81. The van der Waals surface area contributed by atoms with Crippen molar-refractivity contribution in [2.75, 3.05) is 0 Å². The van der Waals surface area contributed by atoms with Crippen LogP contribution in [0, 0.1) is 6.92 Å². The summed E-state index contributed by atoms with van der Waals surface area (Å²) >= 11 is 0. The summed E-state index contributed by atoms with van der Waals surface area (Å²) in [4.78, 5) is 0. The quantitative estimate of drug-likeness (QED) is 0.782. The molecule has 0 radical (unpaired) electrons.